The highest BCUT2D eigenvalue weighted by molar-refractivity contribution is 5.84. The summed E-state index contributed by atoms with van der Waals surface area (Å²) in [5, 5.41) is 11.8. The molecule has 0 aliphatic carbocycles. The predicted octanol–water partition coefficient (Wildman–Crippen LogP) is 9.92. The summed E-state index contributed by atoms with van der Waals surface area (Å²) in [6, 6.07) is -0.878. The summed E-state index contributed by atoms with van der Waals surface area (Å²) in [6.45, 7) is 7.14. The number of aliphatic carboxylic acids is 1. The van der Waals surface area contributed by atoms with Crippen LogP contribution in [0.25, 0.3) is 0 Å². The number of hydrogen-bond donors (Lipinski definition) is 2. The largest absolute Gasteiger partial charge is 0.481 e. The lowest BCUT2D eigenvalue weighted by Crippen LogP contribution is -2.42. The molecule has 242 valence electrons. The molecule has 0 spiro atoms. The van der Waals surface area contributed by atoms with Gasteiger partial charge in [0.05, 0.1) is 6.61 Å². The Hall–Kier alpha value is -1.59. The first-order valence-electron chi connectivity index (χ1n) is 17.5. The molecule has 0 radical (unpaired) electrons. The lowest BCUT2D eigenvalue weighted by Gasteiger charge is -2.17. The number of amides is 1. The van der Waals surface area contributed by atoms with E-state index in [0.717, 1.165) is 44.4 Å². The molecule has 0 aromatic heterocycles. The van der Waals surface area contributed by atoms with Crippen LogP contribution in [0.5, 0.6) is 0 Å². The minimum absolute atomic E-state index is 0.0652. The third-order valence-electron chi connectivity index (χ3n) is 7.94. The first-order chi connectivity index (χ1) is 19.9. The minimum Gasteiger partial charge on any atom is -0.481 e. The molecule has 0 aliphatic rings. The molecule has 0 fully saturated rings. The van der Waals surface area contributed by atoms with Crippen molar-refractivity contribution in [3.05, 3.63) is 0 Å². The molecule has 0 aromatic rings. The van der Waals surface area contributed by atoms with E-state index in [2.05, 4.69) is 26.1 Å². The first-order valence-corrected chi connectivity index (χ1v) is 17.5. The molecular formula is C35H67NO5. The van der Waals surface area contributed by atoms with Gasteiger partial charge in [0, 0.05) is 12.8 Å². The van der Waals surface area contributed by atoms with Gasteiger partial charge in [0.15, 0.2) is 0 Å². The van der Waals surface area contributed by atoms with E-state index in [1.165, 1.54) is 109 Å². The highest BCUT2D eigenvalue weighted by atomic mass is 16.5. The van der Waals surface area contributed by atoms with E-state index in [-0.39, 0.29) is 18.7 Å². The maximum atomic E-state index is 12.6. The Morgan fingerprint density at radius 2 is 1.02 bits per heavy atom. The van der Waals surface area contributed by atoms with E-state index in [9.17, 15) is 14.4 Å². The van der Waals surface area contributed by atoms with Crippen LogP contribution < -0.4 is 5.32 Å². The molecule has 0 aliphatic heterocycles. The van der Waals surface area contributed by atoms with Gasteiger partial charge in [-0.3, -0.25) is 9.59 Å². The summed E-state index contributed by atoms with van der Waals surface area (Å²) < 4.78 is 5.40. The third kappa shape index (κ3) is 29.7. The molecule has 0 aromatic carbocycles. The van der Waals surface area contributed by atoms with Crippen molar-refractivity contribution in [2.24, 2.45) is 5.92 Å². The molecule has 0 saturated carbocycles. The molecule has 41 heavy (non-hydrogen) atoms. The van der Waals surface area contributed by atoms with E-state index in [1.807, 2.05) is 0 Å². The molecule has 6 heteroatoms. The van der Waals surface area contributed by atoms with Crippen molar-refractivity contribution >= 4 is 17.8 Å². The van der Waals surface area contributed by atoms with E-state index < -0.39 is 18.0 Å². The van der Waals surface area contributed by atoms with Gasteiger partial charge in [-0.15, -0.1) is 0 Å². The zero-order valence-corrected chi connectivity index (χ0v) is 27.3. The number of unbranched alkanes of at least 4 members (excludes halogenated alkanes) is 20. The standard InChI is InChI=1S/C35H67NO5/c1-4-5-6-7-8-9-10-11-12-15-18-21-24-27-33(37)36-32(28-29-34(38)39)35(40)41-30-25-22-19-16-13-14-17-20-23-26-31(2)3/h31-32H,4-30H2,1-3H3,(H,36,37)(H,38,39)/t32-/m0/s1. The van der Waals surface area contributed by atoms with Gasteiger partial charge >= 0.3 is 11.9 Å². The Balaban J connectivity index is 3.89. The fourth-order valence-corrected chi connectivity index (χ4v) is 5.25. The van der Waals surface area contributed by atoms with Crippen LogP contribution in [0.4, 0.5) is 0 Å². The van der Waals surface area contributed by atoms with Crippen molar-refractivity contribution in [1.82, 2.24) is 5.32 Å². The topological polar surface area (TPSA) is 92.7 Å². The van der Waals surface area contributed by atoms with Crippen LogP contribution in [0.15, 0.2) is 0 Å². The van der Waals surface area contributed by atoms with Crippen LogP contribution in [-0.2, 0) is 19.1 Å². The van der Waals surface area contributed by atoms with Crippen molar-refractivity contribution in [3.63, 3.8) is 0 Å². The summed E-state index contributed by atoms with van der Waals surface area (Å²) in [6.07, 6.45) is 28.6. The summed E-state index contributed by atoms with van der Waals surface area (Å²) >= 11 is 0. The molecule has 1 atom stereocenters. The van der Waals surface area contributed by atoms with Crippen LogP contribution in [0.1, 0.15) is 188 Å². The van der Waals surface area contributed by atoms with Crippen LogP contribution in [0.3, 0.4) is 0 Å². The van der Waals surface area contributed by atoms with Crippen LogP contribution in [-0.4, -0.2) is 35.6 Å². The zero-order valence-electron chi connectivity index (χ0n) is 27.3. The lowest BCUT2D eigenvalue weighted by atomic mass is 10.0. The van der Waals surface area contributed by atoms with Crippen molar-refractivity contribution < 1.29 is 24.2 Å². The average Bonchev–Trinajstić information content (AvgIpc) is 2.93. The van der Waals surface area contributed by atoms with E-state index in [0.29, 0.717) is 13.0 Å². The van der Waals surface area contributed by atoms with Gasteiger partial charge in [-0.2, -0.15) is 0 Å². The maximum absolute atomic E-state index is 12.6. The van der Waals surface area contributed by atoms with Gasteiger partial charge in [0.2, 0.25) is 5.91 Å². The molecule has 0 saturated heterocycles. The Labute approximate surface area is 253 Å². The second kappa shape index (κ2) is 29.9. The molecule has 1 amide bonds. The van der Waals surface area contributed by atoms with Crippen molar-refractivity contribution in [3.8, 4) is 0 Å². The Morgan fingerprint density at radius 1 is 0.585 bits per heavy atom. The number of esters is 1. The molecule has 0 bridgehead atoms. The van der Waals surface area contributed by atoms with Gasteiger partial charge in [-0.05, 0) is 25.2 Å². The molecular weight excluding hydrogens is 514 g/mol. The molecule has 2 N–H and O–H groups in total. The number of carbonyl (C=O) groups excluding carboxylic acids is 2. The van der Waals surface area contributed by atoms with Gasteiger partial charge in [0.25, 0.3) is 0 Å². The number of carbonyl (C=O) groups is 3. The summed E-state index contributed by atoms with van der Waals surface area (Å²) in [4.78, 5) is 36.0. The normalized spacial score (nSPS) is 12.0. The predicted molar refractivity (Wildman–Crippen MR) is 171 cm³/mol. The van der Waals surface area contributed by atoms with Crippen molar-refractivity contribution in [2.45, 2.75) is 194 Å². The fourth-order valence-electron chi connectivity index (χ4n) is 5.25. The van der Waals surface area contributed by atoms with Crippen LogP contribution >= 0.6 is 0 Å². The molecule has 6 nitrogen and oxygen atoms in total. The number of rotatable bonds is 31. The lowest BCUT2D eigenvalue weighted by molar-refractivity contribution is -0.148. The summed E-state index contributed by atoms with van der Waals surface area (Å²) in [7, 11) is 0. The summed E-state index contributed by atoms with van der Waals surface area (Å²) in [5.74, 6) is -0.869. The number of carboxylic acid groups (broad SMARTS) is 1. The highest BCUT2D eigenvalue weighted by Gasteiger charge is 2.23. The Morgan fingerprint density at radius 3 is 1.49 bits per heavy atom. The quantitative estimate of drug-likeness (QED) is 0.0628. The van der Waals surface area contributed by atoms with Crippen molar-refractivity contribution in [2.75, 3.05) is 6.61 Å². The first kappa shape index (κ1) is 39.4. The number of carboxylic acids is 1. The van der Waals surface area contributed by atoms with Gasteiger partial charge in [0.1, 0.15) is 6.04 Å². The second-order valence-electron chi connectivity index (χ2n) is 12.6. The van der Waals surface area contributed by atoms with E-state index >= 15 is 0 Å². The average molecular weight is 582 g/mol. The zero-order chi connectivity index (χ0) is 30.4. The van der Waals surface area contributed by atoms with Gasteiger partial charge in [-0.1, -0.05) is 156 Å². The van der Waals surface area contributed by atoms with E-state index in [4.69, 9.17) is 9.84 Å². The molecule has 0 unspecified atom stereocenters. The third-order valence-corrected chi connectivity index (χ3v) is 7.94. The number of nitrogens with one attached hydrogen (secondary N) is 1. The Bertz CT molecular complexity index is 622. The van der Waals surface area contributed by atoms with Gasteiger partial charge < -0.3 is 15.2 Å². The summed E-state index contributed by atoms with van der Waals surface area (Å²) in [5.41, 5.74) is 0. The van der Waals surface area contributed by atoms with Crippen LogP contribution in [0.2, 0.25) is 0 Å². The van der Waals surface area contributed by atoms with Gasteiger partial charge in [-0.25, -0.2) is 4.79 Å². The Kier molecular flexibility index (Phi) is 28.7. The maximum Gasteiger partial charge on any atom is 0.328 e. The monoisotopic (exact) mass is 582 g/mol. The molecule has 0 heterocycles. The smallest absolute Gasteiger partial charge is 0.328 e. The minimum atomic E-state index is -0.978. The highest BCUT2D eigenvalue weighted by Crippen LogP contribution is 2.14. The van der Waals surface area contributed by atoms with Crippen molar-refractivity contribution in [1.29, 1.82) is 0 Å². The van der Waals surface area contributed by atoms with Crippen LogP contribution in [0, 0.1) is 5.92 Å². The SMILES string of the molecule is CCCCCCCCCCCCCCCC(=O)N[C@@H](CCC(=O)O)C(=O)OCCCCCCCCCCCC(C)C. The van der Waals surface area contributed by atoms with E-state index in [1.54, 1.807) is 0 Å². The second-order valence-corrected chi connectivity index (χ2v) is 12.6. The number of ether oxygens (including phenoxy) is 1. The molecule has 0 rings (SSSR count). The fraction of sp³-hybridized carbons (Fsp3) is 0.914. The number of hydrogen-bond acceptors (Lipinski definition) is 4.